The van der Waals surface area contributed by atoms with Gasteiger partial charge < -0.3 is 19.2 Å². The van der Waals surface area contributed by atoms with Crippen LogP contribution in [0.25, 0.3) is 0 Å². The second kappa shape index (κ2) is 7.71. The Morgan fingerprint density at radius 1 is 1.32 bits per heavy atom. The van der Waals surface area contributed by atoms with Gasteiger partial charge in [-0.15, -0.1) is 0 Å². The normalized spacial score (nSPS) is 19.8. The van der Waals surface area contributed by atoms with Gasteiger partial charge in [-0.05, 0) is 43.1 Å². The number of anilines is 2. The average molecular weight is 408 g/mol. The first kappa shape index (κ1) is 20.6. The Hall–Kier alpha value is -2.13. The third-order valence-corrected chi connectivity index (χ3v) is 10.1. The molecule has 0 spiro atoms. The molecule has 0 bridgehead atoms. The highest BCUT2D eigenvalue weighted by atomic mass is 28.4. The van der Waals surface area contributed by atoms with Crippen LogP contribution in [0.1, 0.15) is 33.6 Å². The van der Waals surface area contributed by atoms with Crippen molar-refractivity contribution in [2.24, 2.45) is 0 Å². The van der Waals surface area contributed by atoms with Gasteiger partial charge in [-0.25, -0.2) is 9.78 Å². The second-order valence-corrected chi connectivity index (χ2v) is 13.5. The molecule has 1 saturated heterocycles. The molecule has 1 atom stereocenters. The van der Waals surface area contributed by atoms with Gasteiger partial charge in [0, 0.05) is 6.61 Å². The molecular weight excluding hydrogens is 378 g/mol. The van der Waals surface area contributed by atoms with Crippen molar-refractivity contribution in [3.8, 4) is 5.75 Å². The van der Waals surface area contributed by atoms with Crippen molar-refractivity contribution in [3.05, 3.63) is 12.1 Å². The molecular formula is C19H29N3O5Si. The molecule has 28 heavy (non-hydrogen) atoms. The molecule has 9 heteroatoms. The van der Waals surface area contributed by atoms with Crippen LogP contribution in [0.15, 0.2) is 12.1 Å². The fraction of sp³-hybridized carbons (Fsp3) is 0.632. The van der Waals surface area contributed by atoms with Gasteiger partial charge in [-0.1, -0.05) is 20.8 Å². The van der Waals surface area contributed by atoms with E-state index in [9.17, 15) is 9.59 Å². The van der Waals surface area contributed by atoms with E-state index in [1.54, 1.807) is 12.1 Å². The van der Waals surface area contributed by atoms with E-state index in [0.29, 0.717) is 30.5 Å². The Kier molecular flexibility index (Phi) is 5.67. The summed E-state index contributed by atoms with van der Waals surface area (Å²) in [6.07, 6.45) is 0.951. The van der Waals surface area contributed by atoms with Gasteiger partial charge in [-0.2, -0.15) is 0 Å². The topological polar surface area (TPSA) is 90.0 Å². The summed E-state index contributed by atoms with van der Waals surface area (Å²) in [6, 6.07) is 3.39. The van der Waals surface area contributed by atoms with Gasteiger partial charge in [0.05, 0.1) is 6.54 Å². The lowest BCUT2D eigenvalue weighted by Crippen LogP contribution is -2.41. The number of pyridine rings is 1. The molecule has 8 nitrogen and oxygen atoms in total. The average Bonchev–Trinajstić information content (AvgIpc) is 2.98. The number of hydrogen-bond acceptors (Lipinski definition) is 6. The summed E-state index contributed by atoms with van der Waals surface area (Å²) in [5.74, 6) is 0.998. The van der Waals surface area contributed by atoms with Gasteiger partial charge in [0.2, 0.25) is 0 Å². The SMILES string of the molecule is CC(C)(C)[Si](C)(C)OCCCC1CN(c2ccc3c(n2)NC(=O)CO3)C(=O)O1. The number of ether oxygens (including phenoxy) is 2. The van der Waals surface area contributed by atoms with Crippen molar-refractivity contribution in [1.82, 2.24) is 4.98 Å². The van der Waals surface area contributed by atoms with Crippen LogP contribution in [-0.4, -0.2) is 51.2 Å². The number of aromatic nitrogens is 1. The number of nitrogens with zero attached hydrogens (tertiary/aromatic N) is 2. The summed E-state index contributed by atoms with van der Waals surface area (Å²) in [5.41, 5.74) is 0. The Morgan fingerprint density at radius 3 is 2.79 bits per heavy atom. The Bertz CT molecular complexity index is 762. The molecule has 2 aliphatic rings. The van der Waals surface area contributed by atoms with E-state index in [1.165, 1.54) is 4.90 Å². The lowest BCUT2D eigenvalue weighted by molar-refractivity contribution is -0.118. The zero-order chi connectivity index (χ0) is 20.5. The first-order valence-electron chi connectivity index (χ1n) is 9.63. The van der Waals surface area contributed by atoms with E-state index in [1.807, 2.05) is 0 Å². The van der Waals surface area contributed by atoms with Crippen molar-refractivity contribution in [2.45, 2.75) is 57.8 Å². The molecule has 1 fully saturated rings. The number of carbonyl (C=O) groups is 2. The van der Waals surface area contributed by atoms with Gasteiger partial charge in [-0.3, -0.25) is 9.69 Å². The van der Waals surface area contributed by atoms with E-state index in [-0.39, 0.29) is 23.7 Å². The molecule has 0 saturated carbocycles. The maximum absolute atomic E-state index is 12.3. The van der Waals surface area contributed by atoms with Crippen LogP contribution < -0.4 is 15.0 Å². The zero-order valence-corrected chi connectivity index (χ0v) is 18.2. The van der Waals surface area contributed by atoms with Crippen molar-refractivity contribution in [1.29, 1.82) is 0 Å². The quantitative estimate of drug-likeness (QED) is 0.573. The van der Waals surface area contributed by atoms with E-state index in [4.69, 9.17) is 13.9 Å². The highest BCUT2D eigenvalue weighted by molar-refractivity contribution is 6.74. The molecule has 1 aromatic heterocycles. The Morgan fingerprint density at radius 2 is 2.07 bits per heavy atom. The highest BCUT2D eigenvalue weighted by Crippen LogP contribution is 2.36. The minimum absolute atomic E-state index is 0.0290. The van der Waals surface area contributed by atoms with Gasteiger partial charge in [0.15, 0.2) is 26.5 Å². The highest BCUT2D eigenvalue weighted by Gasteiger charge is 2.37. The summed E-state index contributed by atoms with van der Waals surface area (Å²) < 4.78 is 17.0. The summed E-state index contributed by atoms with van der Waals surface area (Å²) in [7, 11) is -1.76. The van der Waals surface area contributed by atoms with E-state index in [2.05, 4.69) is 44.2 Å². The maximum atomic E-state index is 12.3. The second-order valence-electron chi connectivity index (χ2n) is 8.72. The molecule has 2 amide bonds. The predicted octanol–water partition coefficient (Wildman–Crippen LogP) is 3.54. The summed E-state index contributed by atoms with van der Waals surface area (Å²) in [6.45, 7) is 12.2. The van der Waals surface area contributed by atoms with Crippen LogP contribution in [0.2, 0.25) is 18.1 Å². The standard InChI is InChI=1S/C19H29N3O5Si/c1-19(2,3)28(4,5)26-10-6-7-13-11-22(18(24)27-13)15-9-8-14-17(20-15)21-16(23)12-25-14/h8-9,13H,6-7,10-12H2,1-5H3,(H,20,21,23). The molecule has 2 aliphatic heterocycles. The number of nitrogens with one attached hydrogen (secondary N) is 1. The molecule has 1 unspecified atom stereocenters. The van der Waals surface area contributed by atoms with Crippen molar-refractivity contribution < 1.29 is 23.5 Å². The van der Waals surface area contributed by atoms with Crippen LogP contribution in [0.5, 0.6) is 5.75 Å². The zero-order valence-electron chi connectivity index (χ0n) is 17.2. The maximum Gasteiger partial charge on any atom is 0.415 e. The number of carbonyl (C=O) groups excluding carboxylic acids is 2. The number of amides is 2. The van der Waals surface area contributed by atoms with Crippen molar-refractivity contribution in [2.75, 3.05) is 30.0 Å². The number of cyclic esters (lactones) is 1. The fourth-order valence-corrected chi connectivity index (χ4v) is 3.91. The molecule has 0 radical (unpaired) electrons. The summed E-state index contributed by atoms with van der Waals surface area (Å²) >= 11 is 0. The Balaban J connectivity index is 1.53. The molecule has 1 aromatic rings. The first-order valence-corrected chi connectivity index (χ1v) is 12.5. The first-order chi connectivity index (χ1) is 13.1. The molecule has 154 valence electrons. The third-order valence-electron chi connectivity index (χ3n) is 5.55. The van der Waals surface area contributed by atoms with Gasteiger partial charge >= 0.3 is 6.09 Å². The summed E-state index contributed by atoms with van der Waals surface area (Å²) in [4.78, 5) is 29.5. The summed E-state index contributed by atoms with van der Waals surface area (Å²) in [5, 5.41) is 2.83. The minimum atomic E-state index is -1.76. The molecule has 1 N–H and O–H groups in total. The van der Waals surface area contributed by atoms with Gasteiger partial charge in [0.1, 0.15) is 11.9 Å². The largest absolute Gasteiger partial charge is 0.480 e. The fourth-order valence-electron chi connectivity index (χ4n) is 2.82. The van der Waals surface area contributed by atoms with Crippen LogP contribution in [0.4, 0.5) is 16.4 Å². The van der Waals surface area contributed by atoms with Crippen LogP contribution in [-0.2, 0) is 14.0 Å². The lowest BCUT2D eigenvalue weighted by Gasteiger charge is -2.36. The molecule has 3 heterocycles. The van der Waals surface area contributed by atoms with Gasteiger partial charge in [0.25, 0.3) is 5.91 Å². The van der Waals surface area contributed by atoms with Crippen molar-refractivity contribution >= 4 is 32.0 Å². The van der Waals surface area contributed by atoms with E-state index >= 15 is 0 Å². The predicted molar refractivity (Wildman–Crippen MR) is 108 cm³/mol. The monoisotopic (exact) mass is 407 g/mol. The lowest BCUT2D eigenvalue weighted by atomic mass is 10.2. The van der Waals surface area contributed by atoms with Crippen LogP contribution in [0.3, 0.4) is 0 Å². The van der Waals surface area contributed by atoms with Crippen LogP contribution >= 0.6 is 0 Å². The third kappa shape index (κ3) is 4.47. The Labute approximate surface area is 166 Å². The van der Waals surface area contributed by atoms with Crippen LogP contribution in [0, 0.1) is 0 Å². The van der Waals surface area contributed by atoms with E-state index < -0.39 is 14.4 Å². The smallest absolute Gasteiger partial charge is 0.415 e. The number of hydrogen-bond donors (Lipinski definition) is 1. The van der Waals surface area contributed by atoms with E-state index in [0.717, 1.165) is 12.8 Å². The van der Waals surface area contributed by atoms with Crippen molar-refractivity contribution in [3.63, 3.8) is 0 Å². The molecule has 0 aromatic carbocycles. The molecule has 0 aliphatic carbocycles. The number of rotatable bonds is 6. The minimum Gasteiger partial charge on any atom is -0.480 e. The molecule has 3 rings (SSSR count). The number of fused-ring (bicyclic) bond motifs is 1.